The van der Waals surface area contributed by atoms with Crippen molar-refractivity contribution in [3.8, 4) is 17.1 Å². The van der Waals surface area contributed by atoms with E-state index in [0.29, 0.717) is 6.42 Å². The molecular weight excluding hydrogens is 439 g/mol. The molecule has 0 amide bonds. The Kier molecular flexibility index (Phi) is 5.26. The maximum Gasteiger partial charge on any atom is 0.154 e. The van der Waals surface area contributed by atoms with Crippen LogP contribution in [0.5, 0.6) is 0 Å². The summed E-state index contributed by atoms with van der Waals surface area (Å²) in [6.45, 7) is 1.93. The Morgan fingerprint density at radius 3 is 2.17 bits per heavy atom. The average Bonchev–Trinajstić information content (AvgIpc) is 3.63. The smallest absolute Gasteiger partial charge is 0.154 e. The predicted molar refractivity (Wildman–Crippen MR) is 135 cm³/mol. The van der Waals surface area contributed by atoms with Crippen molar-refractivity contribution in [2.24, 2.45) is 5.10 Å². The molecule has 0 radical (unpaired) electrons. The number of furan rings is 1. The predicted octanol–water partition coefficient (Wildman–Crippen LogP) is 6.94. The zero-order chi connectivity index (χ0) is 23.8. The van der Waals surface area contributed by atoms with Gasteiger partial charge in [-0.25, -0.2) is 9.07 Å². The van der Waals surface area contributed by atoms with E-state index in [0.717, 1.165) is 45.4 Å². The number of aromatic nitrogens is 2. The van der Waals surface area contributed by atoms with Gasteiger partial charge in [-0.3, -0.25) is 5.01 Å². The van der Waals surface area contributed by atoms with Crippen LogP contribution in [0.3, 0.4) is 0 Å². The fourth-order valence-corrected chi connectivity index (χ4v) is 4.49. The van der Waals surface area contributed by atoms with Crippen molar-refractivity contribution in [1.82, 2.24) is 9.78 Å². The van der Waals surface area contributed by atoms with Crippen molar-refractivity contribution >= 4 is 11.4 Å². The Hall–Kier alpha value is -4.45. The Balaban J connectivity index is 1.49. The van der Waals surface area contributed by atoms with E-state index in [1.54, 1.807) is 12.1 Å². The highest BCUT2D eigenvalue weighted by molar-refractivity contribution is 6.03. The number of hydrazone groups is 1. The van der Waals surface area contributed by atoms with Gasteiger partial charge in [-0.2, -0.15) is 10.2 Å². The topological polar surface area (TPSA) is 46.6 Å². The summed E-state index contributed by atoms with van der Waals surface area (Å²) in [6.07, 6.45) is 2.71. The van der Waals surface area contributed by atoms with Gasteiger partial charge >= 0.3 is 0 Å². The number of rotatable bonds is 5. The second-order valence-electron chi connectivity index (χ2n) is 8.58. The molecule has 3 heterocycles. The Morgan fingerprint density at radius 1 is 0.829 bits per heavy atom. The first-order valence-electron chi connectivity index (χ1n) is 11.6. The molecule has 2 aromatic heterocycles. The zero-order valence-corrected chi connectivity index (χ0v) is 19.2. The molecular formula is C29H23FN4O. The SMILES string of the molecule is Cc1ccc(-c2nn(-c3ccccc3)cc2[C@H]2CC(c3ccc(F)cc3)=NN2c2ccccc2)o1. The van der Waals surface area contributed by atoms with Crippen LogP contribution in [0.1, 0.15) is 29.3 Å². The van der Waals surface area contributed by atoms with Gasteiger partial charge in [-0.05, 0) is 61.0 Å². The molecule has 1 aliphatic heterocycles. The molecule has 35 heavy (non-hydrogen) atoms. The lowest BCUT2D eigenvalue weighted by atomic mass is 9.98. The van der Waals surface area contributed by atoms with Crippen LogP contribution in [0.2, 0.25) is 0 Å². The largest absolute Gasteiger partial charge is 0.460 e. The third-order valence-electron chi connectivity index (χ3n) is 6.20. The van der Waals surface area contributed by atoms with Gasteiger partial charge in [0.15, 0.2) is 5.76 Å². The molecule has 3 aromatic carbocycles. The zero-order valence-electron chi connectivity index (χ0n) is 19.2. The molecule has 0 aliphatic carbocycles. The first-order valence-corrected chi connectivity index (χ1v) is 11.6. The van der Waals surface area contributed by atoms with E-state index in [1.165, 1.54) is 12.1 Å². The molecule has 0 unspecified atom stereocenters. The monoisotopic (exact) mass is 462 g/mol. The van der Waals surface area contributed by atoms with Crippen molar-refractivity contribution < 1.29 is 8.81 Å². The fraction of sp³-hybridized carbons (Fsp3) is 0.103. The second kappa shape index (κ2) is 8.72. The summed E-state index contributed by atoms with van der Waals surface area (Å²) in [5.74, 6) is 1.29. The van der Waals surface area contributed by atoms with E-state index in [9.17, 15) is 4.39 Å². The van der Waals surface area contributed by atoms with Gasteiger partial charge in [0.2, 0.25) is 0 Å². The Labute approximate surface area is 202 Å². The summed E-state index contributed by atoms with van der Waals surface area (Å²) in [6, 6.07) is 30.4. The van der Waals surface area contributed by atoms with Crippen LogP contribution < -0.4 is 5.01 Å². The number of para-hydroxylation sites is 2. The van der Waals surface area contributed by atoms with Crippen LogP contribution in [0.25, 0.3) is 17.1 Å². The maximum absolute atomic E-state index is 13.6. The van der Waals surface area contributed by atoms with Crippen LogP contribution in [0.15, 0.2) is 113 Å². The van der Waals surface area contributed by atoms with Crippen LogP contribution in [-0.4, -0.2) is 15.5 Å². The Bertz CT molecular complexity index is 1490. The number of anilines is 1. The molecule has 172 valence electrons. The van der Waals surface area contributed by atoms with Crippen LogP contribution in [0, 0.1) is 12.7 Å². The van der Waals surface area contributed by atoms with Gasteiger partial charge in [0.25, 0.3) is 0 Å². The summed E-state index contributed by atoms with van der Waals surface area (Å²) in [4.78, 5) is 0. The first kappa shape index (κ1) is 21.1. The van der Waals surface area contributed by atoms with Gasteiger partial charge in [0.05, 0.1) is 23.1 Å². The number of benzene rings is 3. The van der Waals surface area contributed by atoms with E-state index >= 15 is 0 Å². The fourth-order valence-electron chi connectivity index (χ4n) is 4.49. The van der Waals surface area contributed by atoms with Crippen LogP contribution in [0.4, 0.5) is 10.1 Å². The molecule has 1 atom stereocenters. The molecule has 0 bridgehead atoms. The van der Waals surface area contributed by atoms with Crippen molar-refractivity contribution in [2.75, 3.05) is 5.01 Å². The first-order chi connectivity index (χ1) is 17.2. The standard InChI is InChI=1S/C29H23FN4O/c1-20-12-17-28(35-20)29-25(19-33(32-29)23-8-4-2-5-9-23)27-18-26(21-13-15-22(30)16-14-21)31-34(27)24-10-6-3-7-11-24/h2-17,19,27H,18H2,1H3/t27-/m1/s1. The molecule has 0 saturated heterocycles. The van der Waals surface area contributed by atoms with Gasteiger partial charge < -0.3 is 4.42 Å². The van der Waals surface area contributed by atoms with Gasteiger partial charge in [-0.1, -0.05) is 48.5 Å². The van der Waals surface area contributed by atoms with Crippen LogP contribution >= 0.6 is 0 Å². The maximum atomic E-state index is 13.6. The minimum absolute atomic E-state index is 0.115. The van der Waals surface area contributed by atoms with E-state index in [-0.39, 0.29) is 11.9 Å². The third-order valence-corrected chi connectivity index (χ3v) is 6.20. The molecule has 5 aromatic rings. The van der Waals surface area contributed by atoms with Crippen LogP contribution in [-0.2, 0) is 0 Å². The van der Waals surface area contributed by atoms with Crippen molar-refractivity contribution in [2.45, 2.75) is 19.4 Å². The van der Waals surface area contributed by atoms with E-state index in [2.05, 4.69) is 6.20 Å². The quantitative estimate of drug-likeness (QED) is 0.284. The summed E-state index contributed by atoms with van der Waals surface area (Å²) < 4.78 is 21.5. The number of nitrogens with zero attached hydrogens (tertiary/aromatic N) is 4. The molecule has 5 nitrogen and oxygen atoms in total. The highest BCUT2D eigenvalue weighted by atomic mass is 19.1. The number of halogens is 1. The lowest BCUT2D eigenvalue weighted by Gasteiger charge is -2.23. The number of aryl methyl sites for hydroxylation is 1. The van der Waals surface area contributed by atoms with E-state index in [4.69, 9.17) is 14.6 Å². The summed E-state index contributed by atoms with van der Waals surface area (Å²) in [7, 11) is 0. The van der Waals surface area contributed by atoms with Crippen molar-refractivity contribution in [1.29, 1.82) is 0 Å². The average molecular weight is 463 g/mol. The molecule has 0 N–H and O–H groups in total. The molecule has 0 spiro atoms. The third kappa shape index (κ3) is 4.04. The number of hydrogen-bond acceptors (Lipinski definition) is 4. The van der Waals surface area contributed by atoms with Gasteiger partial charge in [0, 0.05) is 18.2 Å². The summed E-state index contributed by atoms with van der Waals surface area (Å²) in [5.41, 5.74) is 5.53. The molecule has 6 rings (SSSR count). The molecule has 6 heteroatoms. The second-order valence-corrected chi connectivity index (χ2v) is 8.58. The minimum Gasteiger partial charge on any atom is -0.460 e. The van der Waals surface area contributed by atoms with E-state index in [1.807, 2.05) is 89.4 Å². The highest BCUT2D eigenvalue weighted by Gasteiger charge is 2.34. The van der Waals surface area contributed by atoms with Gasteiger partial charge in [0.1, 0.15) is 17.3 Å². The lowest BCUT2D eigenvalue weighted by Crippen LogP contribution is -2.18. The lowest BCUT2D eigenvalue weighted by molar-refractivity contribution is 0.544. The molecule has 0 fully saturated rings. The van der Waals surface area contributed by atoms with Gasteiger partial charge in [-0.15, -0.1) is 0 Å². The van der Waals surface area contributed by atoms with E-state index < -0.39 is 0 Å². The molecule has 1 aliphatic rings. The minimum atomic E-state index is -0.261. The number of hydrogen-bond donors (Lipinski definition) is 0. The highest BCUT2D eigenvalue weighted by Crippen LogP contribution is 2.41. The normalized spacial score (nSPS) is 15.4. The molecule has 0 saturated carbocycles. The summed E-state index contributed by atoms with van der Waals surface area (Å²) in [5, 5.41) is 12.0. The Morgan fingerprint density at radius 2 is 1.51 bits per heavy atom. The van der Waals surface area contributed by atoms with Crippen molar-refractivity contribution in [3.05, 3.63) is 126 Å². The summed E-state index contributed by atoms with van der Waals surface area (Å²) >= 11 is 0. The van der Waals surface area contributed by atoms with Crippen molar-refractivity contribution in [3.63, 3.8) is 0 Å².